The lowest BCUT2D eigenvalue weighted by atomic mass is 10.1. The van der Waals surface area contributed by atoms with E-state index in [-0.39, 0.29) is 22.2 Å². The minimum atomic E-state index is -3.62. The molecule has 25 heavy (non-hydrogen) atoms. The van der Waals surface area contributed by atoms with Crippen LogP contribution in [0, 0.1) is 0 Å². The maximum Gasteiger partial charge on any atom is 0.240 e. The first-order chi connectivity index (χ1) is 11.3. The molecule has 0 aliphatic heterocycles. The van der Waals surface area contributed by atoms with Crippen molar-refractivity contribution in [2.45, 2.75) is 54.4 Å². The first-order valence-corrected chi connectivity index (χ1v) is 11.7. The molecular formula is C16H27ClN2O4S2. The third kappa shape index (κ3) is 7.22. The molecule has 9 heteroatoms. The van der Waals surface area contributed by atoms with Crippen LogP contribution >= 0.6 is 12.4 Å². The Morgan fingerprint density at radius 2 is 1.40 bits per heavy atom. The van der Waals surface area contributed by atoms with Gasteiger partial charge < -0.3 is 5.32 Å². The van der Waals surface area contributed by atoms with Gasteiger partial charge in [0.2, 0.25) is 10.0 Å². The van der Waals surface area contributed by atoms with E-state index in [1.165, 1.54) is 49.9 Å². The van der Waals surface area contributed by atoms with Gasteiger partial charge in [0.25, 0.3) is 0 Å². The normalized spacial score (nSPS) is 16.8. The van der Waals surface area contributed by atoms with Crippen LogP contribution in [-0.4, -0.2) is 42.2 Å². The minimum Gasteiger partial charge on any atom is -0.313 e. The molecule has 1 saturated carbocycles. The van der Waals surface area contributed by atoms with Crippen LogP contribution in [0.1, 0.15) is 38.5 Å². The molecule has 0 saturated heterocycles. The molecular weight excluding hydrogens is 384 g/mol. The summed E-state index contributed by atoms with van der Waals surface area (Å²) < 4.78 is 49.8. The van der Waals surface area contributed by atoms with Gasteiger partial charge in [-0.3, -0.25) is 0 Å². The van der Waals surface area contributed by atoms with Gasteiger partial charge in [0.05, 0.1) is 9.79 Å². The number of nitrogens with one attached hydrogen (secondary N) is 2. The largest absolute Gasteiger partial charge is 0.313 e. The molecule has 0 atom stereocenters. The predicted octanol–water partition coefficient (Wildman–Crippen LogP) is 2.10. The number of benzene rings is 1. The van der Waals surface area contributed by atoms with Gasteiger partial charge in [-0.05, 0) is 37.1 Å². The van der Waals surface area contributed by atoms with Gasteiger partial charge in [-0.25, -0.2) is 21.6 Å². The second-order valence-electron chi connectivity index (χ2n) is 6.28. The Hall–Kier alpha value is -0.670. The molecule has 0 bridgehead atoms. The summed E-state index contributed by atoms with van der Waals surface area (Å²) in [4.78, 5) is 0.181. The average Bonchev–Trinajstić information content (AvgIpc) is 2.80. The van der Waals surface area contributed by atoms with Crippen molar-refractivity contribution in [3.63, 3.8) is 0 Å². The first kappa shape index (κ1) is 22.4. The van der Waals surface area contributed by atoms with Crippen molar-refractivity contribution in [3.8, 4) is 0 Å². The van der Waals surface area contributed by atoms with E-state index in [1.54, 1.807) is 0 Å². The van der Waals surface area contributed by atoms with Crippen molar-refractivity contribution < 1.29 is 16.8 Å². The summed E-state index contributed by atoms with van der Waals surface area (Å²) in [5.41, 5.74) is 0. The molecule has 0 heterocycles. The summed E-state index contributed by atoms with van der Waals surface area (Å²) in [6.07, 6.45) is 8.43. The van der Waals surface area contributed by atoms with Crippen LogP contribution in [0.15, 0.2) is 34.1 Å². The number of hydrogen-bond acceptors (Lipinski definition) is 5. The van der Waals surface area contributed by atoms with E-state index < -0.39 is 19.9 Å². The summed E-state index contributed by atoms with van der Waals surface area (Å²) in [7, 11) is -6.94. The molecule has 2 rings (SSSR count). The Morgan fingerprint density at radius 1 is 0.880 bits per heavy atom. The Bertz CT molecular complexity index is 726. The molecule has 1 aromatic carbocycles. The van der Waals surface area contributed by atoms with Gasteiger partial charge in [-0.15, -0.1) is 12.4 Å². The highest BCUT2D eigenvalue weighted by Gasteiger charge is 2.16. The second-order valence-corrected chi connectivity index (χ2v) is 10.1. The van der Waals surface area contributed by atoms with E-state index in [9.17, 15) is 16.8 Å². The van der Waals surface area contributed by atoms with E-state index in [0.717, 1.165) is 19.1 Å². The molecule has 1 aliphatic carbocycles. The number of rotatable bonds is 7. The van der Waals surface area contributed by atoms with E-state index >= 15 is 0 Å². The van der Waals surface area contributed by atoms with Crippen molar-refractivity contribution in [3.05, 3.63) is 24.3 Å². The number of sulfonamides is 1. The Balaban J connectivity index is 0.00000312. The number of halogens is 1. The molecule has 2 N–H and O–H groups in total. The van der Waals surface area contributed by atoms with Gasteiger partial charge in [-0.1, -0.05) is 25.7 Å². The van der Waals surface area contributed by atoms with Crippen LogP contribution in [0.5, 0.6) is 0 Å². The highest BCUT2D eigenvalue weighted by molar-refractivity contribution is 7.90. The third-order valence-corrected chi connectivity index (χ3v) is 6.87. The zero-order valence-corrected chi connectivity index (χ0v) is 16.9. The molecule has 0 spiro atoms. The van der Waals surface area contributed by atoms with Gasteiger partial charge in [0, 0.05) is 25.4 Å². The molecule has 0 aromatic heterocycles. The van der Waals surface area contributed by atoms with Crippen LogP contribution in [0.4, 0.5) is 0 Å². The highest BCUT2D eigenvalue weighted by Crippen LogP contribution is 2.17. The van der Waals surface area contributed by atoms with Crippen molar-refractivity contribution in [2.75, 3.05) is 19.3 Å². The molecule has 1 aliphatic rings. The molecule has 6 nitrogen and oxygen atoms in total. The van der Waals surface area contributed by atoms with Gasteiger partial charge in [0.15, 0.2) is 9.84 Å². The fraction of sp³-hybridized carbons (Fsp3) is 0.625. The van der Waals surface area contributed by atoms with E-state index in [4.69, 9.17) is 0 Å². The summed E-state index contributed by atoms with van der Waals surface area (Å²) >= 11 is 0. The molecule has 0 amide bonds. The standard InChI is InChI=1S/C16H26N2O4S2.ClH/c1-23(19,20)15-8-10-16(11-9-15)24(21,22)18-13-12-17-14-6-4-2-3-5-7-14;/h8-11,14,17-18H,2-7,12-13H2,1H3;1H. The molecule has 144 valence electrons. The summed E-state index contributed by atoms with van der Waals surface area (Å²) in [5, 5.41) is 3.41. The fourth-order valence-corrected chi connectivity index (χ4v) is 4.56. The quantitative estimate of drug-likeness (QED) is 0.530. The minimum absolute atomic E-state index is 0. The maximum atomic E-state index is 12.2. The Morgan fingerprint density at radius 3 is 1.92 bits per heavy atom. The second kappa shape index (κ2) is 9.87. The monoisotopic (exact) mass is 410 g/mol. The first-order valence-electron chi connectivity index (χ1n) is 8.32. The number of hydrogen-bond donors (Lipinski definition) is 2. The van der Waals surface area contributed by atoms with Crippen LogP contribution in [-0.2, 0) is 19.9 Å². The SMILES string of the molecule is CS(=O)(=O)c1ccc(S(=O)(=O)NCCNC2CCCCCC2)cc1.Cl. The predicted molar refractivity (Wildman–Crippen MR) is 101 cm³/mol. The zero-order valence-electron chi connectivity index (χ0n) is 14.4. The lowest BCUT2D eigenvalue weighted by molar-refractivity contribution is 0.461. The lowest BCUT2D eigenvalue weighted by Gasteiger charge is -2.16. The fourth-order valence-electron chi connectivity index (χ4n) is 2.89. The smallest absolute Gasteiger partial charge is 0.240 e. The topological polar surface area (TPSA) is 92.3 Å². The summed E-state index contributed by atoms with van der Waals surface area (Å²) in [6, 6.07) is 5.74. The summed E-state index contributed by atoms with van der Waals surface area (Å²) in [5.74, 6) is 0. The van der Waals surface area contributed by atoms with Crippen molar-refractivity contribution in [1.29, 1.82) is 0 Å². The number of sulfone groups is 1. The van der Waals surface area contributed by atoms with Crippen LogP contribution in [0.2, 0.25) is 0 Å². The van der Waals surface area contributed by atoms with Gasteiger partial charge in [-0.2, -0.15) is 0 Å². The van der Waals surface area contributed by atoms with E-state index in [0.29, 0.717) is 19.1 Å². The van der Waals surface area contributed by atoms with Gasteiger partial charge >= 0.3 is 0 Å². The van der Waals surface area contributed by atoms with Gasteiger partial charge in [0.1, 0.15) is 0 Å². The van der Waals surface area contributed by atoms with Crippen molar-refractivity contribution in [1.82, 2.24) is 10.0 Å². The summed E-state index contributed by atoms with van der Waals surface area (Å²) in [6.45, 7) is 0.901. The lowest BCUT2D eigenvalue weighted by Crippen LogP contribution is -2.36. The van der Waals surface area contributed by atoms with Crippen LogP contribution < -0.4 is 10.0 Å². The van der Waals surface area contributed by atoms with Crippen molar-refractivity contribution in [2.24, 2.45) is 0 Å². The Labute approximate surface area is 157 Å². The van der Waals surface area contributed by atoms with Crippen LogP contribution in [0.3, 0.4) is 0 Å². The molecule has 1 fully saturated rings. The molecule has 0 radical (unpaired) electrons. The maximum absolute atomic E-state index is 12.2. The van der Waals surface area contributed by atoms with Crippen LogP contribution in [0.25, 0.3) is 0 Å². The van der Waals surface area contributed by atoms with E-state index in [2.05, 4.69) is 10.0 Å². The third-order valence-electron chi connectivity index (χ3n) is 4.27. The molecule has 1 aromatic rings. The highest BCUT2D eigenvalue weighted by atomic mass is 35.5. The molecule has 0 unspecified atom stereocenters. The van der Waals surface area contributed by atoms with E-state index in [1.807, 2.05) is 0 Å². The zero-order chi connectivity index (χ0) is 17.6. The Kier molecular flexibility index (Phi) is 8.83. The average molecular weight is 411 g/mol. The van der Waals surface area contributed by atoms with Crippen molar-refractivity contribution >= 4 is 32.3 Å².